The molecule has 146 valence electrons. The van der Waals surface area contributed by atoms with E-state index in [4.69, 9.17) is 0 Å². The van der Waals surface area contributed by atoms with Crippen LogP contribution in [0, 0.1) is 0 Å². The fourth-order valence-corrected chi connectivity index (χ4v) is 4.16. The molecule has 1 saturated heterocycles. The van der Waals surface area contributed by atoms with E-state index in [2.05, 4.69) is 49.9 Å². The summed E-state index contributed by atoms with van der Waals surface area (Å²) < 4.78 is 0. The minimum Gasteiger partial charge on any atom is -0.339 e. The highest BCUT2D eigenvalue weighted by Crippen LogP contribution is 2.30. The lowest BCUT2D eigenvalue weighted by Crippen LogP contribution is -2.38. The highest BCUT2D eigenvalue weighted by Gasteiger charge is 2.27. The SMILES string of the molecule is O=C(c1ccc2n[nH]nc2c1)N1CCC(c2[nH]ncc2Cc2ccccc2)CC1. The first-order valence-corrected chi connectivity index (χ1v) is 9.94. The Kier molecular flexibility index (Phi) is 4.56. The van der Waals surface area contributed by atoms with E-state index in [-0.39, 0.29) is 5.91 Å². The highest BCUT2D eigenvalue weighted by atomic mass is 16.2. The zero-order chi connectivity index (χ0) is 19.6. The molecule has 0 aliphatic carbocycles. The molecule has 5 rings (SSSR count). The van der Waals surface area contributed by atoms with Crippen LogP contribution in [0.15, 0.2) is 54.7 Å². The molecule has 0 spiro atoms. The lowest BCUT2D eigenvalue weighted by molar-refractivity contribution is 0.0712. The predicted molar refractivity (Wildman–Crippen MR) is 110 cm³/mol. The molecule has 3 heterocycles. The van der Waals surface area contributed by atoms with Gasteiger partial charge in [0.1, 0.15) is 11.0 Å². The summed E-state index contributed by atoms with van der Waals surface area (Å²) in [5, 5.41) is 18.2. The Balaban J connectivity index is 1.26. The molecule has 4 aromatic rings. The normalized spacial score (nSPS) is 15.1. The number of piperidine rings is 1. The fraction of sp³-hybridized carbons (Fsp3) is 0.273. The molecule has 1 fully saturated rings. The van der Waals surface area contributed by atoms with Crippen molar-refractivity contribution in [2.24, 2.45) is 0 Å². The van der Waals surface area contributed by atoms with Crippen molar-refractivity contribution in [3.8, 4) is 0 Å². The van der Waals surface area contributed by atoms with Crippen LogP contribution in [0.25, 0.3) is 11.0 Å². The van der Waals surface area contributed by atoms with E-state index in [1.807, 2.05) is 29.3 Å². The van der Waals surface area contributed by atoms with Gasteiger partial charge in [-0.15, -0.1) is 0 Å². The summed E-state index contributed by atoms with van der Waals surface area (Å²) in [6.45, 7) is 1.48. The Morgan fingerprint density at radius 3 is 2.66 bits per heavy atom. The van der Waals surface area contributed by atoms with Crippen molar-refractivity contribution in [3.05, 3.63) is 77.1 Å². The van der Waals surface area contributed by atoms with Gasteiger partial charge >= 0.3 is 0 Å². The maximum absolute atomic E-state index is 12.9. The molecule has 1 aliphatic heterocycles. The van der Waals surface area contributed by atoms with Crippen molar-refractivity contribution in [2.45, 2.75) is 25.2 Å². The van der Waals surface area contributed by atoms with Crippen LogP contribution < -0.4 is 0 Å². The van der Waals surface area contributed by atoms with Crippen LogP contribution in [0.3, 0.4) is 0 Å². The van der Waals surface area contributed by atoms with Gasteiger partial charge in [0, 0.05) is 36.7 Å². The van der Waals surface area contributed by atoms with E-state index >= 15 is 0 Å². The van der Waals surface area contributed by atoms with Gasteiger partial charge in [-0.3, -0.25) is 9.89 Å². The molecule has 0 bridgehead atoms. The molecule has 0 unspecified atom stereocenters. The predicted octanol–water partition coefficient (Wildman–Crippen LogP) is 3.29. The number of H-pyrrole nitrogens is 2. The molecule has 7 heteroatoms. The number of hydrogen-bond donors (Lipinski definition) is 2. The Labute approximate surface area is 168 Å². The number of hydrogen-bond acceptors (Lipinski definition) is 4. The number of fused-ring (bicyclic) bond motifs is 1. The summed E-state index contributed by atoms with van der Waals surface area (Å²) in [7, 11) is 0. The number of rotatable bonds is 4. The number of aromatic amines is 2. The molecule has 0 saturated carbocycles. The van der Waals surface area contributed by atoms with E-state index in [1.165, 1.54) is 16.8 Å². The van der Waals surface area contributed by atoms with Gasteiger partial charge in [0.25, 0.3) is 5.91 Å². The van der Waals surface area contributed by atoms with E-state index in [9.17, 15) is 4.79 Å². The maximum Gasteiger partial charge on any atom is 0.253 e. The number of carbonyl (C=O) groups excluding carboxylic acids is 1. The van der Waals surface area contributed by atoms with Gasteiger partial charge in [-0.05, 0) is 42.2 Å². The van der Waals surface area contributed by atoms with Gasteiger partial charge in [-0.25, -0.2) is 0 Å². The minimum absolute atomic E-state index is 0.0578. The summed E-state index contributed by atoms with van der Waals surface area (Å²) in [4.78, 5) is 14.8. The largest absolute Gasteiger partial charge is 0.339 e. The monoisotopic (exact) mass is 386 g/mol. The Morgan fingerprint density at radius 1 is 1.03 bits per heavy atom. The van der Waals surface area contributed by atoms with Crippen LogP contribution >= 0.6 is 0 Å². The van der Waals surface area contributed by atoms with Gasteiger partial charge in [0.05, 0.1) is 6.20 Å². The first-order valence-electron chi connectivity index (χ1n) is 9.94. The summed E-state index contributed by atoms with van der Waals surface area (Å²) in [5.74, 6) is 0.459. The number of likely N-dealkylation sites (tertiary alicyclic amines) is 1. The third-order valence-corrected chi connectivity index (χ3v) is 5.74. The van der Waals surface area contributed by atoms with E-state index in [1.54, 1.807) is 6.07 Å². The number of amides is 1. The smallest absolute Gasteiger partial charge is 0.253 e. The van der Waals surface area contributed by atoms with Gasteiger partial charge in [0.15, 0.2) is 0 Å². The molecule has 29 heavy (non-hydrogen) atoms. The average molecular weight is 386 g/mol. The standard InChI is InChI=1S/C22H22N6O/c29-22(17-6-7-19-20(13-17)25-27-24-19)28-10-8-16(9-11-28)21-18(14-23-26-21)12-15-4-2-1-3-5-15/h1-7,13-14,16H,8-12H2,(H,23,26)(H,24,25,27). The number of nitrogens with one attached hydrogen (secondary N) is 2. The molecular weight excluding hydrogens is 364 g/mol. The summed E-state index contributed by atoms with van der Waals surface area (Å²) in [6.07, 6.45) is 4.68. The van der Waals surface area contributed by atoms with Crippen LogP contribution in [0.1, 0.15) is 45.9 Å². The summed E-state index contributed by atoms with van der Waals surface area (Å²) in [6, 6.07) is 15.9. The molecule has 1 aliphatic rings. The zero-order valence-corrected chi connectivity index (χ0v) is 16.0. The van der Waals surface area contributed by atoms with E-state index in [0.717, 1.165) is 37.9 Å². The second-order valence-electron chi connectivity index (χ2n) is 7.56. The maximum atomic E-state index is 12.9. The first kappa shape index (κ1) is 17.6. The van der Waals surface area contributed by atoms with E-state index < -0.39 is 0 Å². The zero-order valence-electron chi connectivity index (χ0n) is 16.0. The minimum atomic E-state index is 0.0578. The Morgan fingerprint density at radius 2 is 1.83 bits per heavy atom. The number of carbonyl (C=O) groups is 1. The Bertz CT molecular complexity index is 1120. The lowest BCUT2D eigenvalue weighted by atomic mass is 9.89. The Hall–Kier alpha value is -3.48. The topological polar surface area (TPSA) is 90.6 Å². The molecular formula is C22H22N6O. The van der Waals surface area contributed by atoms with Crippen LogP contribution in [0.4, 0.5) is 0 Å². The third-order valence-electron chi connectivity index (χ3n) is 5.74. The second kappa shape index (κ2) is 7.50. The van der Waals surface area contributed by atoms with Crippen LogP contribution in [-0.4, -0.2) is 49.5 Å². The first-order chi connectivity index (χ1) is 14.3. The van der Waals surface area contributed by atoms with E-state index in [0.29, 0.717) is 17.0 Å². The van der Waals surface area contributed by atoms with Gasteiger partial charge < -0.3 is 4.90 Å². The second-order valence-corrected chi connectivity index (χ2v) is 7.56. The van der Waals surface area contributed by atoms with Gasteiger partial charge in [-0.1, -0.05) is 30.3 Å². The number of benzene rings is 2. The molecule has 2 N–H and O–H groups in total. The molecule has 2 aromatic heterocycles. The van der Waals surface area contributed by atoms with Crippen LogP contribution in [0.5, 0.6) is 0 Å². The van der Waals surface area contributed by atoms with Crippen molar-refractivity contribution in [3.63, 3.8) is 0 Å². The lowest BCUT2D eigenvalue weighted by Gasteiger charge is -2.32. The average Bonchev–Trinajstić information content (AvgIpc) is 3.43. The van der Waals surface area contributed by atoms with Crippen molar-refractivity contribution in [2.75, 3.05) is 13.1 Å². The third kappa shape index (κ3) is 3.51. The highest BCUT2D eigenvalue weighted by molar-refractivity contribution is 5.97. The van der Waals surface area contributed by atoms with Crippen molar-refractivity contribution in [1.82, 2.24) is 30.5 Å². The van der Waals surface area contributed by atoms with Crippen molar-refractivity contribution >= 4 is 16.9 Å². The van der Waals surface area contributed by atoms with Crippen LogP contribution in [-0.2, 0) is 6.42 Å². The number of nitrogens with zero attached hydrogens (tertiary/aromatic N) is 4. The molecule has 0 atom stereocenters. The molecule has 1 amide bonds. The fourth-order valence-electron chi connectivity index (χ4n) is 4.16. The van der Waals surface area contributed by atoms with Gasteiger partial charge in [0.2, 0.25) is 0 Å². The van der Waals surface area contributed by atoms with Crippen LogP contribution in [0.2, 0.25) is 0 Å². The molecule has 7 nitrogen and oxygen atoms in total. The quantitative estimate of drug-likeness (QED) is 0.563. The summed E-state index contributed by atoms with van der Waals surface area (Å²) >= 11 is 0. The van der Waals surface area contributed by atoms with Gasteiger partial charge in [-0.2, -0.15) is 20.5 Å². The summed E-state index contributed by atoms with van der Waals surface area (Å²) in [5.41, 5.74) is 5.89. The van der Waals surface area contributed by atoms with Crippen molar-refractivity contribution < 1.29 is 4.79 Å². The molecule has 2 aromatic carbocycles. The number of aromatic nitrogens is 5. The van der Waals surface area contributed by atoms with Crippen molar-refractivity contribution in [1.29, 1.82) is 0 Å². The molecule has 0 radical (unpaired) electrons.